The molecule has 0 amide bonds. The number of nitrogens with one attached hydrogen (secondary N) is 1. The average molecular weight is 230 g/mol. The fourth-order valence-electron chi connectivity index (χ4n) is 1.83. The zero-order chi connectivity index (χ0) is 12.3. The van der Waals surface area contributed by atoms with Gasteiger partial charge in [0.2, 0.25) is 0 Å². The Labute approximate surface area is 101 Å². The maximum absolute atomic E-state index is 6.30. The molecule has 2 aromatic rings. The van der Waals surface area contributed by atoms with Gasteiger partial charge >= 0.3 is 0 Å². The lowest BCUT2D eigenvalue weighted by Gasteiger charge is -2.23. The highest BCUT2D eigenvalue weighted by atomic mass is 15.0. The first kappa shape index (κ1) is 11.8. The van der Waals surface area contributed by atoms with Gasteiger partial charge < -0.3 is 10.7 Å². The molecule has 4 heteroatoms. The average Bonchev–Trinajstić information content (AvgIpc) is 2.89. The van der Waals surface area contributed by atoms with Crippen LogP contribution in [0.2, 0.25) is 0 Å². The monoisotopic (exact) mass is 230 g/mol. The number of aromatic nitrogens is 3. The maximum atomic E-state index is 6.30. The van der Waals surface area contributed by atoms with Gasteiger partial charge in [-0.2, -0.15) is 0 Å². The van der Waals surface area contributed by atoms with Gasteiger partial charge in [0.25, 0.3) is 0 Å². The lowest BCUT2D eigenvalue weighted by molar-refractivity contribution is 0.391. The van der Waals surface area contributed by atoms with Gasteiger partial charge in [-0.1, -0.05) is 13.8 Å². The largest absolute Gasteiger partial charge is 0.340 e. The van der Waals surface area contributed by atoms with Crippen LogP contribution in [0, 0.1) is 0 Å². The van der Waals surface area contributed by atoms with Crippen LogP contribution in [-0.4, -0.2) is 15.0 Å². The van der Waals surface area contributed by atoms with Crippen LogP contribution in [0.25, 0.3) is 11.3 Å². The molecule has 0 spiro atoms. The molecule has 0 fully saturated rings. The number of hydrogen-bond acceptors (Lipinski definition) is 3. The quantitative estimate of drug-likeness (QED) is 0.847. The molecule has 0 saturated heterocycles. The minimum absolute atomic E-state index is 0.361. The fraction of sp³-hybridized carbons (Fsp3) is 0.385. The molecule has 4 nitrogen and oxygen atoms in total. The normalized spacial score (nSPS) is 11.7. The van der Waals surface area contributed by atoms with Gasteiger partial charge in [0.15, 0.2) is 0 Å². The van der Waals surface area contributed by atoms with Gasteiger partial charge in [-0.25, -0.2) is 4.98 Å². The molecule has 0 atom stereocenters. The molecule has 17 heavy (non-hydrogen) atoms. The molecule has 0 aromatic carbocycles. The van der Waals surface area contributed by atoms with Crippen molar-refractivity contribution in [1.29, 1.82) is 0 Å². The molecule has 0 unspecified atom stereocenters. The van der Waals surface area contributed by atoms with Crippen molar-refractivity contribution in [1.82, 2.24) is 15.0 Å². The van der Waals surface area contributed by atoms with E-state index in [2.05, 4.69) is 28.8 Å². The molecule has 3 N–H and O–H groups in total. The smallest absolute Gasteiger partial charge is 0.126 e. The Morgan fingerprint density at radius 3 is 2.65 bits per heavy atom. The van der Waals surface area contributed by atoms with E-state index in [0.717, 1.165) is 29.9 Å². The number of rotatable bonds is 4. The second kappa shape index (κ2) is 4.67. The van der Waals surface area contributed by atoms with Crippen LogP contribution in [-0.2, 0) is 5.54 Å². The summed E-state index contributed by atoms with van der Waals surface area (Å²) < 4.78 is 0. The highest BCUT2D eigenvalue weighted by Crippen LogP contribution is 2.25. The Morgan fingerprint density at radius 2 is 2.06 bits per heavy atom. The van der Waals surface area contributed by atoms with Crippen LogP contribution in [0.3, 0.4) is 0 Å². The molecular formula is C13H18N4. The summed E-state index contributed by atoms with van der Waals surface area (Å²) in [4.78, 5) is 11.8. The van der Waals surface area contributed by atoms with Crippen LogP contribution in [0.15, 0.2) is 30.7 Å². The zero-order valence-corrected chi connectivity index (χ0v) is 10.3. The number of pyridine rings is 1. The van der Waals surface area contributed by atoms with E-state index >= 15 is 0 Å². The molecule has 2 heterocycles. The Balaban J connectivity index is 2.34. The molecule has 0 radical (unpaired) electrons. The first-order chi connectivity index (χ1) is 8.19. The Kier molecular flexibility index (Phi) is 3.24. The van der Waals surface area contributed by atoms with Crippen LogP contribution < -0.4 is 5.73 Å². The third-order valence-corrected chi connectivity index (χ3v) is 3.28. The van der Waals surface area contributed by atoms with Gasteiger partial charge in [-0.3, -0.25) is 4.98 Å². The van der Waals surface area contributed by atoms with E-state index in [1.807, 2.05) is 24.5 Å². The lowest BCUT2D eigenvalue weighted by atomic mass is 9.93. The molecule has 0 aliphatic heterocycles. The van der Waals surface area contributed by atoms with Gasteiger partial charge in [-0.15, -0.1) is 0 Å². The standard InChI is InChI=1S/C13H18N4/c1-3-13(14,4-2)12-16-9-11(17-12)10-6-5-7-15-8-10/h5-9H,3-4,14H2,1-2H3,(H,16,17). The van der Waals surface area contributed by atoms with E-state index in [1.54, 1.807) is 6.20 Å². The topological polar surface area (TPSA) is 67.6 Å². The number of hydrogen-bond donors (Lipinski definition) is 2. The van der Waals surface area contributed by atoms with Crippen molar-refractivity contribution < 1.29 is 0 Å². The zero-order valence-electron chi connectivity index (χ0n) is 10.3. The van der Waals surface area contributed by atoms with E-state index in [-0.39, 0.29) is 5.54 Å². The highest BCUT2D eigenvalue weighted by molar-refractivity contribution is 5.56. The summed E-state index contributed by atoms with van der Waals surface area (Å²) >= 11 is 0. The molecule has 2 rings (SSSR count). The van der Waals surface area contributed by atoms with Crippen molar-refractivity contribution >= 4 is 0 Å². The highest BCUT2D eigenvalue weighted by Gasteiger charge is 2.26. The maximum Gasteiger partial charge on any atom is 0.126 e. The van der Waals surface area contributed by atoms with Crippen LogP contribution >= 0.6 is 0 Å². The summed E-state index contributed by atoms with van der Waals surface area (Å²) in [6, 6.07) is 3.91. The number of H-pyrrole nitrogens is 1. The third-order valence-electron chi connectivity index (χ3n) is 3.28. The van der Waals surface area contributed by atoms with Crippen molar-refractivity contribution in [2.24, 2.45) is 5.73 Å². The summed E-state index contributed by atoms with van der Waals surface area (Å²) in [5, 5.41) is 0. The molecule has 0 saturated carbocycles. The summed E-state index contributed by atoms with van der Waals surface area (Å²) in [6.45, 7) is 4.16. The van der Waals surface area contributed by atoms with Crippen molar-refractivity contribution in [2.75, 3.05) is 0 Å². The number of imidazole rings is 1. The van der Waals surface area contributed by atoms with Gasteiger partial charge in [0.05, 0.1) is 17.4 Å². The van der Waals surface area contributed by atoms with E-state index in [0.29, 0.717) is 0 Å². The predicted molar refractivity (Wildman–Crippen MR) is 68.3 cm³/mol. The second-order valence-corrected chi connectivity index (χ2v) is 4.25. The Bertz CT molecular complexity index is 471. The number of nitrogens with zero attached hydrogens (tertiary/aromatic N) is 2. The van der Waals surface area contributed by atoms with E-state index < -0.39 is 0 Å². The Hall–Kier alpha value is -1.68. The van der Waals surface area contributed by atoms with E-state index in [9.17, 15) is 0 Å². The summed E-state index contributed by atoms with van der Waals surface area (Å²) in [5.41, 5.74) is 7.93. The minimum Gasteiger partial charge on any atom is -0.340 e. The second-order valence-electron chi connectivity index (χ2n) is 4.25. The molecule has 90 valence electrons. The SMILES string of the molecule is CCC(N)(CC)c1ncc(-c2cccnc2)[nH]1. The first-order valence-electron chi connectivity index (χ1n) is 5.94. The van der Waals surface area contributed by atoms with Gasteiger partial charge in [0, 0.05) is 18.0 Å². The van der Waals surface area contributed by atoms with Gasteiger partial charge in [0.1, 0.15) is 5.82 Å². The van der Waals surface area contributed by atoms with Crippen LogP contribution in [0.5, 0.6) is 0 Å². The first-order valence-corrected chi connectivity index (χ1v) is 5.94. The summed E-state index contributed by atoms with van der Waals surface area (Å²) in [6.07, 6.45) is 7.12. The number of nitrogens with two attached hydrogens (primary N) is 1. The molecule has 2 aromatic heterocycles. The molecule has 0 aliphatic carbocycles. The number of aromatic amines is 1. The molecular weight excluding hydrogens is 212 g/mol. The Morgan fingerprint density at radius 1 is 1.29 bits per heavy atom. The van der Waals surface area contributed by atoms with Crippen molar-refractivity contribution in [3.05, 3.63) is 36.5 Å². The lowest BCUT2D eigenvalue weighted by Crippen LogP contribution is -2.36. The summed E-state index contributed by atoms with van der Waals surface area (Å²) in [7, 11) is 0. The van der Waals surface area contributed by atoms with Crippen molar-refractivity contribution in [3.63, 3.8) is 0 Å². The fourth-order valence-corrected chi connectivity index (χ4v) is 1.83. The predicted octanol–water partition coefficient (Wildman–Crippen LogP) is 2.45. The van der Waals surface area contributed by atoms with Crippen LogP contribution in [0.1, 0.15) is 32.5 Å². The third kappa shape index (κ3) is 2.22. The van der Waals surface area contributed by atoms with E-state index in [4.69, 9.17) is 5.73 Å². The van der Waals surface area contributed by atoms with Gasteiger partial charge in [-0.05, 0) is 25.0 Å². The van der Waals surface area contributed by atoms with Crippen molar-refractivity contribution in [2.45, 2.75) is 32.2 Å². The minimum atomic E-state index is -0.361. The molecule has 0 aliphatic rings. The van der Waals surface area contributed by atoms with Crippen molar-refractivity contribution in [3.8, 4) is 11.3 Å². The molecule has 0 bridgehead atoms. The van der Waals surface area contributed by atoms with Crippen LogP contribution in [0.4, 0.5) is 0 Å². The van der Waals surface area contributed by atoms with E-state index in [1.165, 1.54) is 0 Å². The summed E-state index contributed by atoms with van der Waals surface area (Å²) in [5.74, 6) is 0.848.